The molecule has 0 aromatic heterocycles. The summed E-state index contributed by atoms with van der Waals surface area (Å²) in [6.45, 7) is 4.57. The largest absolute Gasteiger partial charge is 0.478 e. The topological polar surface area (TPSA) is 74.6 Å². The summed E-state index contributed by atoms with van der Waals surface area (Å²) in [7, 11) is 0. The number of carboxylic acid groups (broad SMARTS) is 2. The summed E-state index contributed by atoms with van der Waals surface area (Å²) in [6.07, 6.45) is 0. The van der Waals surface area contributed by atoms with Crippen molar-refractivity contribution in [3.63, 3.8) is 0 Å². The second kappa shape index (κ2) is 13.3. The molecule has 2 aromatic carbocycles. The van der Waals surface area contributed by atoms with E-state index >= 15 is 0 Å². The fourth-order valence-corrected chi connectivity index (χ4v) is 2.95. The predicted molar refractivity (Wildman–Crippen MR) is 93.4 cm³/mol. The fraction of sp³-hybridized carbons (Fsp3) is 0.222. The Kier molecular flexibility index (Phi) is 12.3. The zero-order valence-corrected chi connectivity index (χ0v) is 16.9. The van der Waals surface area contributed by atoms with E-state index in [4.69, 9.17) is 10.2 Å². The molecule has 2 radical (unpaired) electrons. The van der Waals surface area contributed by atoms with Gasteiger partial charge in [0.25, 0.3) is 0 Å². The molecule has 0 aliphatic rings. The van der Waals surface area contributed by atoms with Gasteiger partial charge in [0.05, 0.1) is 11.1 Å². The van der Waals surface area contributed by atoms with E-state index in [0.717, 1.165) is 12.1 Å². The van der Waals surface area contributed by atoms with Crippen LogP contribution in [-0.4, -0.2) is 43.3 Å². The summed E-state index contributed by atoms with van der Waals surface area (Å²) in [5.74, 6) is -3.87. The smallest absolute Gasteiger partial charge is 0.338 e. The van der Waals surface area contributed by atoms with Gasteiger partial charge in [-0.2, -0.15) is 0 Å². The molecule has 0 amide bonds. The molecule has 0 atom stereocenters. The second-order valence-corrected chi connectivity index (χ2v) is 9.99. The molecular formula is C18H20F2O4Sn. The van der Waals surface area contributed by atoms with Crippen LogP contribution < -0.4 is 0 Å². The first kappa shape index (κ1) is 23.0. The quantitative estimate of drug-likeness (QED) is 0.658. The van der Waals surface area contributed by atoms with Gasteiger partial charge in [-0.25, -0.2) is 18.4 Å². The summed E-state index contributed by atoms with van der Waals surface area (Å²) < 4.78 is 27.9. The number of rotatable bonds is 4. The van der Waals surface area contributed by atoms with Crippen molar-refractivity contribution in [2.45, 2.75) is 22.7 Å². The summed E-state index contributed by atoms with van der Waals surface area (Å²) >= 11 is 0.218. The van der Waals surface area contributed by atoms with E-state index in [1.165, 1.54) is 45.3 Å². The first-order valence-corrected chi connectivity index (χ1v) is 11.5. The third-order valence-electron chi connectivity index (χ3n) is 2.71. The number of hydrogen-bond acceptors (Lipinski definition) is 2. The summed E-state index contributed by atoms with van der Waals surface area (Å²) in [5, 5.41) is 16.7. The SMILES string of the molecule is C[CH2][Sn][CH2]C.O=C(O)c1ccccc1F.O=C(O)c1ccccc1F. The van der Waals surface area contributed by atoms with Crippen molar-refractivity contribution in [3.05, 3.63) is 71.3 Å². The van der Waals surface area contributed by atoms with Crippen molar-refractivity contribution in [2.24, 2.45) is 0 Å². The molecule has 0 heterocycles. The maximum Gasteiger partial charge on any atom is 0.338 e. The number of carboxylic acids is 2. The maximum absolute atomic E-state index is 12.5. The van der Waals surface area contributed by atoms with E-state index in [2.05, 4.69) is 13.8 Å². The van der Waals surface area contributed by atoms with Gasteiger partial charge >= 0.3 is 55.8 Å². The number of aromatic carboxylic acids is 2. The van der Waals surface area contributed by atoms with Crippen molar-refractivity contribution in [1.82, 2.24) is 0 Å². The maximum atomic E-state index is 12.5. The van der Waals surface area contributed by atoms with Crippen LogP contribution in [0.15, 0.2) is 48.5 Å². The Labute approximate surface area is 155 Å². The van der Waals surface area contributed by atoms with Crippen LogP contribution in [0.3, 0.4) is 0 Å². The first-order chi connectivity index (χ1) is 11.8. The minimum atomic E-state index is -1.24. The van der Waals surface area contributed by atoms with Crippen molar-refractivity contribution in [1.29, 1.82) is 0 Å². The van der Waals surface area contributed by atoms with Crippen LogP contribution >= 0.6 is 0 Å². The minimum absolute atomic E-state index is 0.218. The van der Waals surface area contributed by atoms with Crippen molar-refractivity contribution < 1.29 is 28.6 Å². The van der Waals surface area contributed by atoms with Gasteiger partial charge in [0.15, 0.2) is 0 Å². The Bertz CT molecular complexity index is 620. The minimum Gasteiger partial charge on any atom is -0.478 e. The van der Waals surface area contributed by atoms with Gasteiger partial charge < -0.3 is 10.2 Å². The molecule has 134 valence electrons. The van der Waals surface area contributed by atoms with Crippen LogP contribution in [0.25, 0.3) is 0 Å². The number of hydrogen-bond donors (Lipinski definition) is 2. The van der Waals surface area contributed by atoms with Crippen LogP contribution in [0.1, 0.15) is 34.6 Å². The monoisotopic (exact) mass is 458 g/mol. The molecule has 0 bridgehead atoms. The summed E-state index contributed by atoms with van der Waals surface area (Å²) in [4.78, 5) is 20.4. The van der Waals surface area contributed by atoms with E-state index in [-0.39, 0.29) is 32.3 Å². The number of halogens is 2. The van der Waals surface area contributed by atoms with Gasteiger partial charge in [0.2, 0.25) is 0 Å². The first-order valence-electron chi connectivity index (χ1n) is 7.51. The molecule has 7 heteroatoms. The molecule has 25 heavy (non-hydrogen) atoms. The summed E-state index contributed by atoms with van der Waals surface area (Å²) in [5.41, 5.74) is -0.579. The molecule has 0 saturated carbocycles. The zero-order valence-electron chi connectivity index (χ0n) is 14.0. The number of benzene rings is 2. The second-order valence-electron chi connectivity index (χ2n) is 4.53. The normalized spacial score (nSPS) is 9.12. The van der Waals surface area contributed by atoms with Crippen LogP contribution in [0.4, 0.5) is 8.78 Å². The number of carbonyl (C=O) groups is 2. The molecular weight excluding hydrogens is 437 g/mol. The Morgan fingerprint density at radius 1 is 0.800 bits per heavy atom. The molecule has 0 saturated heterocycles. The van der Waals surface area contributed by atoms with E-state index < -0.39 is 23.6 Å². The van der Waals surface area contributed by atoms with Gasteiger partial charge in [-0.3, -0.25) is 0 Å². The predicted octanol–water partition coefficient (Wildman–Crippen LogP) is 4.61. The standard InChI is InChI=1S/2C7H5FO2.2C2H5.Sn/c2*8-6-4-2-1-3-5(6)7(9)10;2*1-2;/h2*1-4H,(H,9,10);2*1H2,2H3;. The third kappa shape index (κ3) is 9.81. The molecule has 0 unspecified atom stereocenters. The fourth-order valence-electron chi connectivity index (χ4n) is 1.52. The van der Waals surface area contributed by atoms with Gasteiger partial charge in [-0.1, -0.05) is 24.3 Å². The average Bonchev–Trinajstić information content (AvgIpc) is 2.57. The summed E-state index contributed by atoms with van der Waals surface area (Å²) in [6, 6.07) is 10.5. The van der Waals surface area contributed by atoms with Crippen molar-refractivity contribution in [3.8, 4) is 0 Å². The third-order valence-corrected chi connectivity index (χ3v) is 5.56. The van der Waals surface area contributed by atoms with Crippen molar-refractivity contribution in [2.75, 3.05) is 0 Å². The van der Waals surface area contributed by atoms with Gasteiger partial charge in [0, 0.05) is 0 Å². The van der Waals surface area contributed by atoms with E-state index in [9.17, 15) is 18.4 Å². The molecule has 2 N–H and O–H groups in total. The van der Waals surface area contributed by atoms with Gasteiger partial charge in [-0.05, 0) is 24.3 Å². The molecule has 4 nitrogen and oxygen atoms in total. The average molecular weight is 457 g/mol. The van der Waals surface area contributed by atoms with E-state index in [0.29, 0.717) is 0 Å². The molecule has 0 fully saturated rings. The Morgan fingerprint density at radius 3 is 1.28 bits per heavy atom. The zero-order chi connectivity index (χ0) is 19.2. The molecule has 2 aromatic rings. The van der Waals surface area contributed by atoms with Crippen molar-refractivity contribution >= 4 is 33.1 Å². The Morgan fingerprint density at radius 2 is 1.12 bits per heavy atom. The van der Waals surface area contributed by atoms with Crippen LogP contribution in [0.2, 0.25) is 8.87 Å². The van der Waals surface area contributed by atoms with Gasteiger partial charge in [0.1, 0.15) is 11.6 Å². The Balaban J connectivity index is 0.000000368. The van der Waals surface area contributed by atoms with E-state index in [1.807, 2.05) is 0 Å². The molecule has 0 aliphatic carbocycles. The Hall–Kier alpha value is -1.96. The molecule has 0 aliphatic heterocycles. The van der Waals surface area contributed by atoms with E-state index in [1.54, 1.807) is 0 Å². The van der Waals surface area contributed by atoms with Crippen LogP contribution in [0, 0.1) is 11.6 Å². The van der Waals surface area contributed by atoms with Crippen LogP contribution in [0.5, 0.6) is 0 Å². The molecule has 0 spiro atoms. The van der Waals surface area contributed by atoms with Gasteiger partial charge in [-0.15, -0.1) is 0 Å². The van der Waals surface area contributed by atoms with Crippen LogP contribution in [-0.2, 0) is 0 Å². The molecule has 2 rings (SSSR count).